The predicted molar refractivity (Wildman–Crippen MR) is 65.8 cm³/mol. The maximum absolute atomic E-state index is 4.25. The molecule has 3 rings (SSSR count). The zero-order valence-corrected chi connectivity index (χ0v) is 9.85. The summed E-state index contributed by atoms with van der Waals surface area (Å²) in [5, 5.41) is 3.38. The van der Waals surface area contributed by atoms with Gasteiger partial charge >= 0.3 is 0 Å². The third-order valence-electron chi connectivity index (χ3n) is 3.40. The van der Waals surface area contributed by atoms with Gasteiger partial charge in [0.1, 0.15) is 11.8 Å². The lowest BCUT2D eigenvalue weighted by molar-refractivity contribution is 0.322. The number of anilines is 1. The van der Waals surface area contributed by atoms with Gasteiger partial charge in [-0.3, -0.25) is 0 Å². The van der Waals surface area contributed by atoms with Crippen molar-refractivity contribution in [3.05, 3.63) is 12.7 Å². The number of likely N-dealkylation sites (N-methyl/N-ethyl adjacent to an activating group) is 1. The number of fused-ring (bicyclic) bond motifs is 1. The molecule has 1 saturated heterocycles. The average molecular weight is 232 g/mol. The van der Waals surface area contributed by atoms with Crippen LogP contribution in [0.4, 0.5) is 5.82 Å². The van der Waals surface area contributed by atoms with Gasteiger partial charge in [-0.15, -0.1) is 0 Å². The molecule has 90 valence electrons. The molecule has 2 aromatic rings. The lowest BCUT2D eigenvalue weighted by Crippen LogP contribution is -2.31. The molecule has 0 amide bonds. The van der Waals surface area contributed by atoms with Crippen LogP contribution >= 0.6 is 0 Å². The molecular weight excluding hydrogens is 216 g/mol. The molecule has 1 unspecified atom stereocenters. The fourth-order valence-electron chi connectivity index (χ4n) is 2.35. The lowest BCUT2D eigenvalue weighted by atomic mass is 10.2. The van der Waals surface area contributed by atoms with Gasteiger partial charge in [0.2, 0.25) is 0 Å². The Morgan fingerprint density at radius 3 is 3.24 bits per heavy atom. The number of aromatic nitrogens is 4. The topological polar surface area (TPSA) is 69.7 Å². The molecule has 0 saturated carbocycles. The van der Waals surface area contributed by atoms with Crippen LogP contribution in [0.25, 0.3) is 11.2 Å². The molecule has 17 heavy (non-hydrogen) atoms. The first-order chi connectivity index (χ1) is 8.34. The largest absolute Gasteiger partial charge is 0.367 e. The van der Waals surface area contributed by atoms with E-state index in [1.54, 1.807) is 12.7 Å². The summed E-state index contributed by atoms with van der Waals surface area (Å²) >= 11 is 0. The fourth-order valence-corrected chi connectivity index (χ4v) is 2.35. The fraction of sp³-hybridized carbons (Fsp3) is 0.545. The van der Waals surface area contributed by atoms with Crippen LogP contribution in [0, 0.1) is 0 Å². The third kappa shape index (κ3) is 1.95. The van der Waals surface area contributed by atoms with E-state index >= 15 is 0 Å². The zero-order valence-electron chi connectivity index (χ0n) is 9.85. The molecule has 1 fully saturated rings. The van der Waals surface area contributed by atoms with Crippen molar-refractivity contribution >= 4 is 17.0 Å². The SMILES string of the molecule is CN1CCCC1CNc1ncnc2nc[nH]c12. The average Bonchev–Trinajstić information content (AvgIpc) is 2.95. The highest BCUT2D eigenvalue weighted by Gasteiger charge is 2.20. The summed E-state index contributed by atoms with van der Waals surface area (Å²) in [6.45, 7) is 2.11. The lowest BCUT2D eigenvalue weighted by Gasteiger charge is -2.19. The van der Waals surface area contributed by atoms with Crippen LogP contribution in [0.1, 0.15) is 12.8 Å². The van der Waals surface area contributed by atoms with Gasteiger partial charge in [0.25, 0.3) is 0 Å². The van der Waals surface area contributed by atoms with E-state index in [-0.39, 0.29) is 0 Å². The van der Waals surface area contributed by atoms with Crippen LogP contribution < -0.4 is 5.32 Å². The zero-order chi connectivity index (χ0) is 11.7. The van der Waals surface area contributed by atoms with Crippen LogP contribution in [0.5, 0.6) is 0 Å². The Hall–Kier alpha value is -1.69. The van der Waals surface area contributed by atoms with Gasteiger partial charge in [-0.25, -0.2) is 15.0 Å². The normalized spacial score (nSPS) is 21.1. The van der Waals surface area contributed by atoms with Crippen molar-refractivity contribution in [2.24, 2.45) is 0 Å². The third-order valence-corrected chi connectivity index (χ3v) is 3.40. The molecule has 1 aliphatic heterocycles. The summed E-state index contributed by atoms with van der Waals surface area (Å²) in [4.78, 5) is 17.9. The van der Waals surface area contributed by atoms with Crippen molar-refractivity contribution in [1.82, 2.24) is 24.8 Å². The summed E-state index contributed by atoms with van der Waals surface area (Å²) < 4.78 is 0. The first-order valence-electron chi connectivity index (χ1n) is 5.93. The minimum absolute atomic E-state index is 0.600. The van der Waals surface area contributed by atoms with Crippen molar-refractivity contribution < 1.29 is 0 Å². The molecule has 0 spiro atoms. The van der Waals surface area contributed by atoms with Crippen LogP contribution in [-0.4, -0.2) is 51.0 Å². The van der Waals surface area contributed by atoms with Crippen molar-refractivity contribution in [1.29, 1.82) is 0 Å². The molecule has 6 nitrogen and oxygen atoms in total. The number of hydrogen-bond acceptors (Lipinski definition) is 5. The van der Waals surface area contributed by atoms with Gasteiger partial charge in [0.05, 0.1) is 6.33 Å². The predicted octanol–water partition coefficient (Wildman–Crippen LogP) is 0.859. The number of nitrogens with one attached hydrogen (secondary N) is 2. The van der Waals surface area contributed by atoms with Gasteiger partial charge in [-0.05, 0) is 26.4 Å². The van der Waals surface area contributed by atoms with E-state index in [9.17, 15) is 0 Å². The highest BCUT2D eigenvalue weighted by Crippen LogP contribution is 2.18. The van der Waals surface area contributed by atoms with Gasteiger partial charge in [0, 0.05) is 12.6 Å². The minimum Gasteiger partial charge on any atom is -0.367 e. The summed E-state index contributed by atoms with van der Waals surface area (Å²) in [6.07, 6.45) is 5.73. The summed E-state index contributed by atoms with van der Waals surface area (Å²) in [6, 6.07) is 0.600. The van der Waals surface area contributed by atoms with Crippen molar-refractivity contribution in [2.75, 3.05) is 25.5 Å². The summed E-state index contributed by atoms with van der Waals surface area (Å²) in [5.41, 5.74) is 1.59. The molecule has 3 heterocycles. The second kappa shape index (κ2) is 4.29. The van der Waals surface area contributed by atoms with Crippen LogP contribution in [-0.2, 0) is 0 Å². The number of likely N-dealkylation sites (tertiary alicyclic amines) is 1. The first kappa shape index (κ1) is 10.5. The van der Waals surface area contributed by atoms with Crippen LogP contribution in [0.3, 0.4) is 0 Å². The van der Waals surface area contributed by atoms with E-state index in [4.69, 9.17) is 0 Å². The molecule has 2 N–H and O–H groups in total. The molecule has 6 heteroatoms. The van der Waals surface area contributed by atoms with E-state index in [0.29, 0.717) is 11.7 Å². The molecule has 1 atom stereocenters. The molecule has 0 aromatic carbocycles. The Labute approximate surface area is 99.5 Å². The van der Waals surface area contributed by atoms with Gasteiger partial charge in [0.15, 0.2) is 11.5 Å². The van der Waals surface area contributed by atoms with E-state index < -0.39 is 0 Å². The Kier molecular flexibility index (Phi) is 2.64. The highest BCUT2D eigenvalue weighted by molar-refractivity contribution is 5.81. The summed E-state index contributed by atoms with van der Waals surface area (Å²) in [5.74, 6) is 0.841. The minimum atomic E-state index is 0.600. The summed E-state index contributed by atoms with van der Waals surface area (Å²) in [7, 11) is 2.17. The van der Waals surface area contributed by atoms with E-state index in [1.165, 1.54) is 19.4 Å². The number of aromatic amines is 1. The van der Waals surface area contributed by atoms with Crippen molar-refractivity contribution in [2.45, 2.75) is 18.9 Å². The Morgan fingerprint density at radius 2 is 2.41 bits per heavy atom. The molecule has 0 radical (unpaired) electrons. The quantitative estimate of drug-likeness (QED) is 0.821. The second-order valence-corrected chi connectivity index (χ2v) is 4.48. The number of nitrogens with zero attached hydrogens (tertiary/aromatic N) is 4. The van der Waals surface area contributed by atoms with Crippen molar-refractivity contribution in [3.8, 4) is 0 Å². The first-order valence-corrected chi connectivity index (χ1v) is 5.93. The smallest absolute Gasteiger partial charge is 0.182 e. The van der Waals surface area contributed by atoms with Gasteiger partial charge in [-0.2, -0.15) is 0 Å². The molecular formula is C11H16N6. The Bertz CT molecular complexity index is 507. The Morgan fingerprint density at radius 1 is 1.47 bits per heavy atom. The number of imidazole rings is 1. The molecule has 0 aliphatic carbocycles. The standard InChI is InChI=1S/C11H16N6/c1-17-4-2-3-8(17)5-12-10-9-11(14-6-13-9)16-7-15-10/h6-8H,2-5H2,1H3,(H2,12,13,14,15,16). The van der Waals surface area contributed by atoms with Gasteiger partial charge < -0.3 is 15.2 Å². The maximum Gasteiger partial charge on any atom is 0.182 e. The molecule has 2 aromatic heterocycles. The van der Waals surface area contributed by atoms with E-state index in [1.807, 2.05) is 0 Å². The van der Waals surface area contributed by atoms with Crippen LogP contribution in [0.15, 0.2) is 12.7 Å². The number of rotatable bonds is 3. The van der Waals surface area contributed by atoms with E-state index in [2.05, 4.69) is 37.2 Å². The number of hydrogen-bond donors (Lipinski definition) is 2. The monoisotopic (exact) mass is 232 g/mol. The highest BCUT2D eigenvalue weighted by atomic mass is 15.2. The van der Waals surface area contributed by atoms with Gasteiger partial charge in [-0.1, -0.05) is 0 Å². The second-order valence-electron chi connectivity index (χ2n) is 4.48. The number of H-pyrrole nitrogens is 1. The molecule has 0 bridgehead atoms. The van der Waals surface area contributed by atoms with E-state index in [0.717, 1.165) is 17.9 Å². The van der Waals surface area contributed by atoms with Crippen LogP contribution in [0.2, 0.25) is 0 Å². The van der Waals surface area contributed by atoms with Crippen molar-refractivity contribution in [3.63, 3.8) is 0 Å². The maximum atomic E-state index is 4.25. The molecule has 1 aliphatic rings. The Balaban J connectivity index is 1.74.